The van der Waals surface area contributed by atoms with Gasteiger partial charge in [-0.15, -0.1) is 3.89 Å². The maximum Gasteiger partial charge on any atom is 0.336 e. The van der Waals surface area contributed by atoms with Crippen LogP contribution in [-0.4, -0.2) is 115 Å². The molecule has 0 spiro atoms. The summed E-state index contributed by atoms with van der Waals surface area (Å²) in [5, 5.41) is 7.30. The van der Waals surface area contributed by atoms with Gasteiger partial charge in [-0.05, 0) is 111 Å². The zero-order chi connectivity index (χ0) is 43.7. The maximum absolute atomic E-state index is 13.5. The molecule has 0 aliphatic carbocycles. The summed E-state index contributed by atoms with van der Waals surface area (Å²) >= 11 is 3.40. The van der Waals surface area contributed by atoms with Gasteiger partial charge in [0.2, 0.25) is 5.95 Å². The van der Waals surface area contributed by atoms with Gasteiger partial charge < -0.3 is 39.3 Å². The summed E-state index contributed by atoms with van der Waals surface area (Å²) in [6.45, 7) is 8.88. The average molecular weight is 938 g/mol. The SMILES string of the molecule is COc1cc(N2CCC(N(C)CCCOc3ccc(N(CCC=O)C(=O)N(C)SF)cc3)CC2)c(C)cc1Nc1ncc(Br)c(Nc2ccc3nccnc3c2P(C)(C)=O)n1. The number of anilines is 6. The van der Waals surface area contributed by atoms with E-state index < -0.39 is 13.2 Å². The van der Waals surface area contributed by atoms with E-state index >= 15 is 0 Å². The number of aldehydes is 1. The highest BCUT2D eigenvalue weighted by atomic mass is 79.9. The molecule has 0 saturated carbocycles. The number of hydrogen-bond acceptors (Lipinski definition) is 14. The second kappa shape index (κ2) is 20.7. The molecule has 15 nitrogen and oxygen atoms in total. The number of aryl methyl sites for hydroxylation is 1. The van der Waals surface area contributed by atoms with Crippen molar-refractivity contribution in [3.05, 3.63) is 77.2 Å². The molecular formula is C42H51BrFN10O5PS. The van der Waals surface area contributed by atoms with Crippen LogP contribution in [0.3, 0.4) is 0 Å². The standard InChI is InChI=1S/C42H51BrFN10O5PS/c1-28-25-35(49-41-47-27-32(43)40(50-41)48-34-14-13-33-38(46-18-17-45-33)39(34)60(5,6)57)37(58-4)26-36(28)53-21-15-29(16-22-53)51(2)19-8-24-59-31-11-9-30(10-12-31)54(20-7-23-55)42(56)52(3)61-44/h9-14,17-18,23,25-27,29H,7-8,15-16,19-22,24H2,1-6H3,(H2,47,48,49,50). The highest BCUT2D eigenvalue weighted by molar-refractivity contribution is 9.10. The summed E-state index contributed by atoms with van der Waals surface area (Å²) in [7, 11) is 2.37. The van der Waals surface area contributed by atoms with E-state index in [0.717, 1.165) is 66.4 Å². The fourth-order valence-electron chi connectivity index (χ4n) is 7.39. The van der Waals surface area contributed by atoms with Crippen LogP contribution in [0.25, 0.3) is 11.0 Å². The van der Waals surface area contributed by atoms with Gasteiger partial charge in [0, 0.05) is 81.7 Å². The second-order valence-corrected chi connectivity index (χ2v) is 19.8. The van der Waals surface area contributed by atoms with Crippen LogP contribution < -0.4 is 35.2 Å². The van der Waals surface area contributed by atoms with Crippen LogP contribution in [0.4, 0.5) is 43.2 Å². The van der Waals surface area contributed by atoms with Crippen LogP contribution in [-0.2, 0) is 9.36 Å². The second-order valence-electron chi connectivity index (χ2n) is 15.1. The van der Waals surface area contributed by atoms with Crippen molar-refractivity contribution in [3.8, 4) is 11.5 Å². The third-order valence-corrected chi connectivity index (χ3v) is 13.0. The smallest absolute Gasteiger partial charge is 0.336 e. The molecule has 0 bridgehead atoms. The molecule has 5 aromatic rings. The van der Waals surface area contributed by atoms with Crippen molar-refractivity contribution in [2.45, 2.75) is 38.6 Å². The molecule has 324 valence electrons. The van der Waals surface area contributed by atoms with E-state index in [9.17, 15) is 18.0 Å². The molecule has 0 radical (unpaired) electrons. The summed E-state index contributed by atoms with van der Waals surface area (Å²) in [4.78, 5) is 47.9. The number of carbonyl (C=O) groups excluding carboxylic acids is 2. The van der Waals surface area contributed by atoms with Crippen LogP contribution in [0, 0.1) is 6.92 Å². The first-order chi connectivity index (χ1) is 29.3. The number of methoxy groups -OCH3 is 1. The summed E-state index contributed by atoms with van der Waals surface area (Å²) < 4.78 is 39.9. The number of ether oxygens (including phenoxy) is 2. The van der Waals surface area contributed by atoms with Crippen molar-refractivity contribution in [1.29, 1.82) is 0 Å². The van der Waals surface area contributed by atoms with Gasteiger partial charge in [0.25, 0.3) is 0 Å². The van der Waals surface area contributed by atoms with E-state index in [1.54, 1.807) is 63.3 Å². The largest absolute Gasteiger partial charge is 0.494 e. The van der Waals surface area contributed by atoms with Crippen molar-refractivity contribution in [2.75, 3.05) is 87.8 Å². The zero-order valence-electron chi connectivity index (χ0n) is 35.1. The van der Waals surface area contributed by atoms with Gasteiger partial charge in [-0.25, -0.2) is 14.1 Å². The van der Waals surface area contributed by atoms with Gasteiger partial charge in [-0.3, -0.25) is 14.9 Å². The lowest BCUT2D eigenvalue weighted by Gasteiger charge is -2.38. The quantitative estimate of drug-likeness (QED) is 0.0373. The first kappa shape index (κ1) is 45.5. The zero-order valence-corrected chi connectivity index (χ0v) is 38.4. The van der Waals surface area contributed by atoms with E-state index in [1.165, 1.54) is 11.9 Å². The fraction of sp³-hybridized carbons (Fsp3) is 0.381. The predicted molar refractivity (Wildman–Crippen MR) is 247 cm³/mol. The van der Waals surface area contributed by atoms with Crippen molar-refractivity contribution < 1.29 is 27.5 Å². The number of urea groups is 1. The minimum atomic E-state index is -2.78. The Morgan fingerprint density at radius 3 is 2.46 bits per heavy atom. The average Bonchev–Trinajstić information content (AvgIpc) is 3.26. The first-order valence-electron chi connectivity index (χ1n) is 19.8. The monoisotopic (exact) mass is 936 g/mol. The van der Waals surface area contributed by atoms with Crippen LogP contribution in [0.15, 0.2) is 71.6 Å². The van der Waals surface area contributed by atoms with E-state index in [2.05, 4.69) is 77.4 Å². The Labute approximate surface area is 368 Å². The van der Waals surface area contributed by atoms with E-state index in [4.69, 9.17) is 14.5 Å². The Bertz CT molecular complexity index is 2370. The number of hydrogen-bond donors (Lipinski definition) is 2. The molecule has 0 unspecified atom stereocenters. The number of benzene rings is 3. The lowest BCUT2D eigenvalue weighted by molar-refractivity contribution is -0.107. The number of piperidine rings is 1. The molecule has 6 rings (SSSR count). The minimum absolute atomic E-state index is 0.143. The molecule has 1 saturated heterocycles. The fourth-order valence-corrected chi connectivity index (χ4v) is 9.23. The van der Waals surface area contributed by atoms with Crippen LogP contribution in [0.5, 0.6) is 11.5 Å². The van der Waals surface area contributed by atoms with Crippen LogP contribution in [0.1, 0.15) is 31.2 Å². The molecule has 3 heterocycles. The molecule has 1 aliphatic heterocycles. The number of nitrogens with zero attached hydrogens (tertiary/aromatic N) is 8. The van der Waals surface area contributed by atoms with Gasteiger partial charge >= 0.3 is 6.03 Å². The normalized spacial score (nSPS) is 13.3. The third kappa shape index (κ3) is 11.3. The molecule has 2 amide bonds. The van der Waals surface area contributed by atoms with Crippen molar-refractivity contribution in [3.63, 3.8) is 0 Å². The van der Waals surface area contributed by atoms with E-state index in [0.29, 0.717) is 68.1 Å². The summed E-state index contributed by atoms with van der Waals surface area (Å²) in [5.74, 6) is 2.18. The highest BCUT2D eigenvalue weighted by Gasteiger charge is 2.26. The minimum Gasteiger partial charge on any atom is -0.494 e. The Kier molecular flexibility index (Phi) is 15.4. The van der Waals surface area contributed by atoms with E-state index in [1.807, 2.05) is 12.1 Å². The Hall–Kier alpha value is -5.03. The van der Waals surface area contributed by atoms with Gasteiger partial charge in [0.15, 0.2) is 12.3 Å². The molecule has 2 N–H and O–H groups in total. The number of aromatic nitrogens is 4. The topological polar surface area (TPSA) is 158 Å². The third-order valence-electron chi connectivity index (χ3n) is 10.5. The Morgan fingerprint density at radius 2 is 1.77 bits per heavy atom. The number of amides is 2. The number of rotatable bonds is 18. The molecule has 19 heteroatoms. The highest BCUT2D eigenvalue weighted by Crippen LogP contribution is 2.42. The molecule has 3 aromatic carbocycles. The van der Waals surface area contributed by atoms with Crippen molar-refractivity contribution >= 4 is 98.6 Å². The summed E-state index contributed by atoms with van der Waals surface area (Å²) in [6, 6.07) is 14.7. The maximum atomic E-state index is 13.5. The number of fused-ring (bicyclic) bond motifs is 1. The Balaban J connectivity index is 1.02. The molecular weight excluding hydrogens is 886 g/mol. The first-order valence-corrected chi connectivity index (χ1v) is 23.9. The van der Waals surface area contributed by atoms with Gasteiger partial charge in [0.05, 0.1) is 40.4 Å². The number of nitrogens with one attached hydrogen (secondary N) is 2. The molecule has 0 atom stereocenters. The van der Waals surface area contributed by atoms with Crippen molar-refractivity contribution in [1.82, 2.24) is 29.1 Å². The molecule has 1 aliphatic rings. The van der Waals surface area contributed by atoms with Gasteiger partial charge in [-0.2, -0.15) is 4.98 Å². The predicted octanol–water partition coefficient (Wildman–Crippen LogP) is 8.58. The van der Waals surface area contributed by atoms with Gasteiger partial charge in [0.1, 0.15) is 36.3 Å². The lowest BCUT2D eigenvalue weighted by Crippen LogP contribution is -2.44. The van der Waals surface area contributed by atoms with E-state index in [-0.39, 0.29) is 25.3 Å². The van der Waals surface area contributed by atoms with Crippen molar-refractivity contribution in [2.24, 2.45) is 0 Å². The lowest BCUT2D eigenvalue weighted by atomic mass is 10.0. The summed E-state index contributed by atoms with van der Waals surface area (Å²) in [5.41, 5.74) is 5.37. The van der Waals surface area contributed by atoms with Crippen LogP contribution >= 0.6 is 35.4 Å². The van der Waals surface area contributed by atoms with Crippen LogP contribution in [0.2, 0.25) is 0 Å². The molecule has 2 aromatic heterocycles. The number of carbonyl (C=O) groups is 2. The van der Waals surface area contributed by atoms with Gasteiger partial charge in [-0.1, -0.05) is 0 Å². The molecule has 61 heavy (non-hydrogen) atoms. The number of halogens is 2. The molecule has 1 fully saturated rings. The Morgan fingerprint density at radius 1 is 1.03 bits per heavy atom. The summed E-state index contributed by atoms with van der Waals surface area (Å²) in [6.07, 6.45) is 8.60.